The van der Waals surface area contributed by atoms with Crippen molar-refractivity contribution in [1.82, 2.24) is 15.6 Å². The molecule has 1 heterocycles. The van der Waals surface area contributed by atoms with Gasteiger partial charge < -0.3 is 15.4 Å². The molecule has 0 saturated heterocycles. The number of nitrogens with one attached hydrogen (secondary N) is 2. The summed E-state index contributed by atoms with van der Waals surface area (Å²) in [4.78, 5) is 27.6. The van der Waals surface area contributed by atoms with E-state index in [9.17, 15) is 9.59 Å². The summed E-state index contributed by atoms with van der Waals surface area (Å²) in [5.41, 5.74) is -0.544. The minimum absolute atomic E-state index is 0.161. The average Bonchev–Trinajstić information content (AvgIpc) is 2.70. The maximum absolute atomic E-state index is 11.5. The average molecular weight is 320 g/mol. The molecule has 0 aliphatic heterocycles. The lowest BCUT2D eigenvalue weighted by Gasteiger charge is -2.19. The van der Waals surface area contributed by atoms with E-state index in [1.807, 2.05) is 0 Å². The number of halogens is 1. The Morgan fingerprint density at radius 3 is 2.65 bits per heavy atom. The molecule has 0 atom stereocenters. The summed E-state index contributed by atoms with van der Waals surface area (Å²) in [7, 11) is 0. The van der Waals surface area contributed by atoms with Crippen LogP contribution in [0.4, 0.5) is 4.79 Å². The zero-order chi connectivity index (χ0) is 15.2. The van der Waals surface area contributed by atoms with Crippen molar-refractivity contribution >= 4 is 34.9 Å². The Morgan fingerprint density at radius 1 is 1.40 bits per heavy atom. The summed E-state index contributed by atoms with van der Waals surface area (Å²) >= 11 is 6.99. The number of carbonyl (C=O) groups excluding carboxylic acids is 2. The number of hydrogen-bond donors (Lipinski definition) is 2. The molecule has 0 spiro atoms. The van der Waals surface area contributed by atoms with Gasteiger partial charge in [-0.1, -0.05) is 11.6 Å². The van der Waals surface area contributed by atoms with Crippen LogP contribution in [0.15, 0.2) is 6.20 Å². The molecule has 0 saturated carbocycles. The lowest BCUT2D eigenvalue weighted by molar-refractivity contribution is -0.121. The van der Waals surface area contributed by atoms with Gasteiger partial charge in [0.05, 0.1) is 6.54 Å². The first-order valence-corrected chi connectivity index (χ1v) is 7.29. The summed E-state index contributed by atoms with van der Waals surface area (Å²) in [6.07, 6.45) is 1.28. The number of aromatic nitrogens is 1. The van der Waals surface area contributed by atoms with Gasteiger partial charge in [-0.2, -0.15) is 0 Å². The Balaban J connectivity index is 2.16. The molecular weight excluding hydrogens is 302 g/mol. The molecule has 1 aromatic heterocycles. The predicted octanol–water partition coefficient (Wildman–Crippen LogP) is 2.33. The van der Waals surface area contributed by atoms with Crippen LogP contribution >= 0.6 is 22.9 Å². The van der Waals surface area contributed by atoms with Crippen LogP contribution < -0.4 is 10.6 Å². The van der Waals surface area contributed by atoms with Gasteiger partial charge in [-0.25, -0.2) is 9.78 Å². The highest BCUT2D eigenvalue weighted by Crippen LogP contribution is 2.17. The second-order valence-electron chi connectivity index (χ2n) is 5.03. The van der Waals surface area contributed by atoms with Crippen LogP contribution in [0.5, 0.6) is 0 Å². The van der Waals surface area contributed by atoms with Gasteiger partial charge in [0.25, 0.3) is 0 Å². The van der Waals surface area contributed by atoms with Gasteiger partial charge in [-0.15, -0.1) is 11.3 Å². The second-order valence-corrected chi connectivity index (χ2v) is 6.73. The summed E-state index contributed by atoms with van der Waals surface area (Å²) in [5.74, 6) is -0.161. The summed E-state index contributed by atoms with van der Waals surface area (Å²) in [5, 5.41) is 5.23. The fraction of sp³-hybridized carbons (Fsp3) is 0.583. The molecule has 2 N–H and O–H groups in total. The van der Waals surface area contributed by atoms with Crippen LogP contribution in [0.1, 0.15) is 32.1 Å². The number of carbonyl (C=O) groups is 2. The first kappa shape index (κ1) is 16.7. The van der Waals surface area contributed by atoms with Crippen molar-refractivity contribution in [1.29, 1.82) is 0 Å². The molecule has 2 amide bonds. The van der Waals surface area contributed by atoms with E-state index in [1.54, 1.807) is 27.0 Å². The molecule has 0 fully saturated rings. The van der Waals surface area contributed by atoms with Gasteiger partial charge in [0.2, 0.25) is 5.91 Å². The van der Waals surface area contributed by atoms with E-state index in [0.717, 1.165) is 4.88 Å². The molecule has 20 heavy (non-hydrogen) atoms. The van der Waals surface area contributed by atoms with Crippen LogP contribution in [0.25, 0.3) is 0 Å². The SMILES string of the molecule is CC(C)(C)OC(=O)NCCC(=O)NCc1cnc(Cl)s1. The van der Waals surface area contributed by atoms with Crippen molar-refractivity contribution in [2.75, 3.05) is 6.54 Å². The molecule has 6 nitrogen and oxygen atoms in total. The number of alkyl carbamates (subject to hydrolysis) is 1. The Morgan fingerprint density at radius 2 is 2.10 bits per heavy atom. The number of hydrogen-bond acceptors (Lipinski definition) is 5. The van der Waals surface area contributed by atoms with Crippen molar-refractivity contribution in [2.45, 2.75) is 39.3 Å². The third kappa shape index (κ3) is 7.30. The quantitative estimate of drug-likeness (QED) is 0.873. The van der Waals surface area contributed by atoms with Gasteiger partial charge in [-0.05, 0) is 20.8 Å². The van der Waals surface area contributed by atoms with E-state index in [-0.39, 0.29) is 18.9 Å². The van der Waals surface area contributed by atoms with Crippen molar-refractivity contribution in [2.24, 2.45) is 0 Å². The number of thiazole rings is 1. The first-order chi connectivity index (χ1) is 9.26. The van der Waals surface area contributed by atoms with Crippen LogP contribution in [0.2, 0.25) is 4.47 Å². The molecule has 0 bridgehead atoms. The van der Waals surface area contributed by atoms with Crippen molar-refractivity contribution in [3.05, 3.63) is 15.5 Å². The molecule has 0 aliphatic rings. The summed E-state index contributed by atoms with van der Waals surface area (Å²) < 4.78 is 5.49. The van der Waals surface area contributed by atoms with Gasteiger partial charge in [0, 0.05) is 24.0 Å². The third-order valence-electron chi connectivity index (χ3n) is 2.01. The Bertz CT molecular complexity index is 471. The van der Waals surface area contributed by atoms with Crippen molar-refractivity contribution in [3.8, 4) is 0 Å². The second kappa shape index (κ2) is 7.44. The van der Waals surface area contributed by atoms with E-state index >= 15 is 0 Å². The minimum Gasteiger partial charge on any atom is -0.444 e. The van der Waals surface area contributed by atoms with Crippen LogP contribution in [-0.2, 0) is 16.1 Å². The largest absolute Gasteiger partial charge is 0.444 e. The topological polar surface area (TPSA) is 80.3 Å². The first-order valence-electron chi connectivity index (χ1n) is 6.10. The lowest BCUT2D eigenvalue weighted by atomic mass is 10.2. The van der Waals surface area contributed by atoms with Crippen molar-refractivity contribution < 1.29 is 14.3 Å². The van der Waals surface area contributed by atoms with E-state index in [4.69, 9.17) is 16.3 Å². The number of amides is 2. The van der Waals surface area contributed by atoms with Gasteiger partial charge in [0.15, 0.2) is 4.47 Å². The molecule has 0 aliphatic carbocycles. The summed E-state index contributed by atoms with van der Waals surface area (Å²) in [6, 6.07) is 0. The fourth-order valence-corrected chi connectivity index (χ4v) is 2.15. The number of rotatable bonds is 5. The Kier molecular flexibility index (Phi) is 6.22. The highest BCUT2D eigenvalue weighted by molar-refractivity contribution is 7.15. The smallest absolute Gasteiger partial charge is 0.407 e. The van der Waals surface area contributed by atoms with E-state index < -0.39 is 11.7 Å². The Labute approximate surface area is 126 Å². The van der Waals surface area contributed by atoms with E-state index in [1.165, 1.54) is 11.3 Å². The maximum Gasteiger partial charge on any atom is 0.407 e. The van der Waals surface area contributed by atoms with Gasteiger partial charge >= 0.3 is 6.09 Å². The maximum atomic E-state index is 11.5. The third-order valence-corrected chi connectivity index (χ3v) is 3.12. The molecule has 0 aromatic carbocycles. The lowest BCUT2D eigenvalue weighted by Crippen LogP contribution is -2.35. The summed E-state index contributed by atoms with van der Waals surface area (Å²) in [6.45, 7) is 5.94. The van der Waals surface area contributed by atoms with Crippen LogP contribution in [-0.4, -0.2) is 29.1 Å². The van der Waals surface area contributed by atoms with Gasteiger partial charge in [0.1, 0.15) is 5.60 Å². The fourth-order valence-electron chi connectivity index (χ4n) is 1.23. The standard InChI is InChI=1S/C12H18ClN3O3S/c1-12(2,3)19-11(18)14-5-4-9(17)15-6-8-7-16-10(13)20-8/h7H,4-6H2,1-3H3,(H,14,18)(H,15,17). The normalized spacial score (nSPS) is 11.0. The Hall–Kier alpha value is -1.34. The number of nitrogens with zero attached hydrogens (tertiary/aromatic N) is 1. The molecular formula is C12H18ClN3O3S. The van der Waals surface area contributed by atoms with Crippen LogP contribution in [0, 0.1) is 0 Å². The zero-order valence-corrected chi connectivity index (χ0v) is 13.2. The molecule has 0 unspecified atom stereocenters. The van der Waals surface area contributed by atoms with Crippen molar-refractivity contribution in [3.63, 3.8) is 0 Å². The molecule has 8 heteroatoms. The highest BCUT2D eigenvalue weighted by Gasteiger charge is 2.15. The predicted molar refractivity (Wildman–Crippen MR) is 77.8 cm³/mol. The van der Waals surface area contributed by atoms with E-state index in [2.05, 4.69) is 15.6 Å². The monoisotopic (exact) mass is 319 g/mol. The molecule has 1 rings (SSSR count). The van der Waals surface area contributed by atoms with Crippen LogP contribution in [0.3, 0.4) is 0 Å². The number of ether oxygens (including phenoxy) is 1. The molecule has 112 valence electrons. The highest BCUT2D eigenvalue weighted by atomic mass is 35.5. The van der Waals surface area contributed by atoms with E-state index in [0.29, 0.717) is 11.0 Å². The van der Waals surface area contributed by atoms with Gasteiger partial charge in [-0.3, -0.25) is 4.79 Å². The zero-order valence-electron chi connectivity index (χ0n) is 11.7. The molecule has 1 aromatic rings. The molecule has 0 radical (unpaired) electrons. The minimum atomic E-state index is -0.544.